The third-order valence-electron chi connectivity index (χ3n) is 3.03. The number of halogens is 3. The Morgan fingerprint density at radius 3 is 2.38 bits per heavy atom. The van der Waals surface area contributed by atoms with Crippen molar-refractivity contribution in [3.63, 3.8) is 0 Å². The van der Waals surface area contributed by atoms with Crippen molar-refractivity contribution in [2.75, 3.05) is 13.7 Å². The molecule has 0 aliphatic heterocycles. The molecule has 0 saturated carbocycles. The summed E-state index contributed by atoms with van der Waals surface area (Å²) in [5, 5.41) is 3.68. The Labute approximate surface area is 141 Å². The second-order valence-electron chi connectivity index (χ2n) is 4.65. The highest BCUT2D eigenvalue weighted by Crippen LogP contribution is 2.24. The predicted molar refractivity (Wildman–Crippen MR) is 82.4 cm³/mol. The van der Waals surface area contributed by atoms with E-state index < -0.39 is 28.2 Å². The first-order valence-corrected chi connectivity index (χ1v) is 9.04. The molecule has 0 saturated heterocycles. The zero-order valence-electron chi connectivity index (χ0n) is 12.4. The lowest BCUT2D eigenvalue weighted by atomic mass is 10.2. The first-order chi connectivity index (χ1) is 11.2. The fraction of sp³-hybridized carbons (Fsp3) is 0.286. The topological polar surface area (TPSA) is 64.6 Å². The van der Waals surface area contributed by atoms with Crippen LogP contribution >= 0.6 is 11.3 Å². The molecular weight excluding hydrogens is 367 g/mol. The number of ether oxygens (including phenoxy) is 2. The van der Waals surface area contributed by atoms with Crippen LogP contribution in [-0.4, -0.2) is 28.4 Å². The molecule has 132 valence electrons. The van der Waals surface area contributed by atoms with Crippen LogP contribution in [0.25, 0.3) is 0 Å². The van der Waals surface area contributed by atoms with Gasteiger partial charge in [-0.1, -0.05) is 0 Å². The molecule has 1 unspecified atom stereocenters. The van der Waals surface area contributed by atoms with E-state index >= 15 is 0 Å². The lowest BCUT2D eigenvalue weighted by Gasteiger charge is -2.15. The van der Waals surface area contributed by atoms with Gasteiger partial charge in [0, 0.05) is 13.7 Å². The van der Waals surface area contributed by atoms with Crippen LogP contribution in [0.3, 0.4) is 0 Å². The number of hydrogen-bond donors (Lipinski definition) is 1. The average molecular weight is 381 g/mol. The maximum atomic E-state index is 12.2. The maximum absolute atomic E-state index is 12.2. The van der Waals surface area contributed by atoms with E-state index in [0.29, 0.717) is 0 Å². The standard InChI is InChI=1S/C14H14F3NO4S2/c1-21-13(10-6-7-23-9-10)8-18-24(19,20)12-4-2-11(3-5-12)22-14(15,16)17/h2-7,9,13,18H,8H2,1H3. The lowest BCUT2D eigenvalue weighted by Crippen LogP contribution is -2.29. The van der Waals surface area contributed by atoms with Crippen molar-refractivity contribution in [3.8, 4) is 5.75 Å². The molecule has 10 heteroatoms. The molecule has 0 aliphatic rings. The number of benzene rings is 1. The Hall–Kier alpha value is -1.62. The molecule has 24 heavy (non-hydrogen) atoms. The van der Waals surface area contributed by atoms with Crippen LogP contribution in [0.5, 0.6) is 5.75 Å². The summed E-state index contributed by atoms with van der Waals surface area (Å²) in [5.74, 6) is -0.491. The molecule has 1 aromatic heterocycles. The van der Waals surface area contributed by atoms with Gasteiger partial charge in [-0.05, 0) is 46.7 Å². The minimum absolute atomic E-state index is 0.00360. The molecule has 1 aromatic carbocycles. The Morgan fingerprint density at radius 1 is 1.21 bits per heavy atom. The summed E-state index contributed by atoms with van der Waals surface area (Å²) >= 11 is 1.46. The van der Waals surface area contributed by atoms with Gasteiger partial charge in [0.05, 0.1) is 11.0 Å². The van der Waals surface area contributed by atoms with E-state index in [1.54, 1.807) is 0 Å². The number of methoxy groups -OCH3 is 1. The average Bonchev–Trinajstić information content (AvgIpc) is 3.01. The van der Waals surface area contributed by atoms with Crippen molar-refractivity contribution in [3.05, 3.63) is 46.7 Å². The van der Waals surface area contributed by atoms with Crippen LogP contribution < -0.4 is 9.46 Å². The van der Waals surface area contributed by atoms with Crippen molar-refractivity contribution in [2.45, 2.75) is 17.4 Å². The van der Waals surface area contributed by atoms with Crippen molar-refractivity contribution < 1.29 is 31.1 Å². The summed E-state index contributed by atoms with van der Waals surface area (Å²) < 4.78 is 72.0. The Bertz CT molecular complexity index is 743. The fourth-order valence-corrected chi connectivity index (χ4v) is 3.62. The van der Waals surface area contributed by atoms with E-state index in [1.165, 1.54) is 18.4 Å². The van der Waals surface area contributed by atoms with Gasteiger partial charge in [0.2, 0.25) is 10.0 Å². The van der Waals surface area contributed by atoms with Crippen molar-refractivity contribution in [2.24, 2.45) is 0 Å². The molecule has 0 radical (unpaired) electrons. The van der Waals surface area contributed by atoms with Crippen molar-refractivity contribution in [1.29, 1.82) is 0 Å². The van der Waals surface area contributed by atoms with Gasteiger partial charge in [-0.2, -0.15) is 11.3 Å². The third-order valence-corrected chi connectivity index (χ3v) is 5.17. The van der Waals surface area contributed by atoms with Gasteiger partial charge in [0.1, 0.15) is 5.75 Å². The van der Waals surface area contributed by atoms with E-state index in [2.05, 4.69) is 9.46 Å². The molecule has 0 amide bonds. The quantitative estimate of drug-likeness (QED) is 0.799. The minimum Gasteiger partial charge on any atom is -0.406 e. The van der Waals surface area contributed by atoms with Crippen LogP contribution in [0.4, 0.5) is 13.2 Å². The highest BCUT2D eigenvalue weighted by Gasteiger charge is 2.31. The summed E-state index contributed by atoms with van der Waals surface area (Å²) in [4.78, 5) is -0.169. The molecule has 1 heterocycles. The normalized spacial score (nSPS) is 13.7. The summed E-state index contributed by atoms with van der Waals surface area (Å²) in [6.45, 7) is -0.00360. The minimum atomic E-state index is -4.83. The van der Waals surface area contributed by atoms with Gasteiger partial charge >= 0.3 is 6.36 Å². The van der Waals surface area contributed by atoms with E-state index in [1.807, 2.05) is 16.8 Å². The van der Waals surface area contributed by atoms with Crippen LogP contribution in [-0.2, 0) is 14.8 Å². The van der Waals surface area contributed by atoms with Crippen LogP contribution in [0.2, 0.25) is 0 Å². The first-order valence-electron chi connectivity index (χ1n) is 6.61. The fourth-order valence-electron chi connectivity index (χ4n) is 1.88. The van der Waals surface area contributed by atoms with Gasteiger partial charge in [0.15, 0.2) is 0 Å². The largest absolute Gasteiger partial charge is 0.573 e. The zero-order valence-corrected chi connectivity index (χ0v) is 14.0. The SMILES string of the molecule is COC(CNS(=O)(=O)c1ccc(OC(F)(F)F)cc1)c1ccsc1. The van der Waals surface area contributed by atoms with Crippen LogP contribution in [0.15, 0.2) is 46.0 Å². The molecule has 2 aromatic rings. The van der Waals surface area contributed by atoms with Gasteiger partial charge in [-0.25, -0.2) is 13.1 Å². The monoisotopic (exact) mass is 381 g/mol. The molecule has 1 N–H and O–H groups in total. The van der Waals surface area contributed by atoms with Gasteiger partial charge < -0.3 is 9.47 Å². The van der Waals surface area contributed by atoms with Crippen molar-refractivity contribution >= 4 is 21.4 Å². The third kappa shape index (κ3) is 5.20. The molecule has 2 rings (SSSR count). The summed E-state index contributed by atoms with van der Waals surface area (Å²) in [7, 11) is -2.42. The number of rotatable bonds is 7. The van der Waals surface area contributed by atoms with E-state index in [0.717, 1.165) is 29.8 Å². The van der Waals surface area contributed by atoms with Crippen LogP contribution in [0, 0.1) is 0 Å². The van der Waals surface area contributed by atoms with E-state index in [-0.39, 0.29) is 11.4 Å². The molecule has 5 nitrogen and oxygen atoms in total. The van der Waals surface area contributed by atoms with Gasteiger partial charge in [-0.15, -0.1) is 13.2 Å². The highest BCUT2D eigenvalue weighted by atomic mass is 32.2. The Balaban J connectivity index is 2.04. The number of sulfonamides is 1. The second kappa shape index (κ2) is 7.51. The van der Waals surface area contributed by atoms with E-state index in [9.17, 15) is 21.6 Å². The predicted octanol–water partition coefficient (Wildman–Crippen LogP) is 3.31. The second-order valence-corrected chi connectivity index (χ2v) is 7.20. The first kappa shape index (κ1) is 18.7. The zero-order chi connectivity index (χ0) is 17.8. The number of nitrogens with one attached hydrogen (secondary N) is 1. The number of thiophene rings is 1. The maximum Gasteiger partial charge on any atom is 0.573 e. The highest BCUT2D eigenvalue weighted by molar-refractivity contribution is 7.89. The summed E-state index contributed by atoms with van der Waals surface area (Å²) in [5.41, 5.74) is 0.833. The number of hydrogen-bond acceptors (Lipinski definition) is 5. The summed E-state index contributed by atoms with van der Waals surface area (Å²) in [6.07, 6.45) is -5.29. The Kier molecular flexibility index (Phi) is 5.86. The van der Waals surface area contributed by atoms with Crippen molar-refractivity contribution in [1.82, 2.24) is 4.72 Å². The Morgan fingerprint density at radius 2 is 1.88 bits per heavy atom. The molecule has 0 aliphatic carbocycles. The molecule has 0 fully saturated rings. The van der Waals surface area contributed by atoms with E-state index in [4.69, 9.17) is 4.74 Å². The smallest absolute Gasteiger partial charge is 0.406 e. The summed E-state index contributed by atoms with van der Waals surface area (Å²) in [6, 6.07) is 5.77. The molecule has 0 spiro atoms. The van der Waals surface area contributed by atoms with Gasteiger partial charge in [-0.3, -0.25) is 0 Å². The molecule has 1 atom stereocenters. The molecule has 0 bridgehead atoms. The number of alkyl halides is 3. The van der Waals surface area contributed by atoms with Crippen LogP contribution in [0.1, 0.15) is 11.7 Å². The van der Waals surface area contributed by atoms with Gasteiger partial charge in [0.25, 0.3) is 0 Å². The lowest BCUT2D eigenvalue weighted by molar-refractivity contribution is -0.274. The molecular formula is C14H14F3NO4S2.